The first-order valence-corrected chi connectivity index (χ1v) is 5.13. The molecule has 92 valence electrons. The molecule has 0 radical (unpaired) electrons. The molecule has 17 heavy (non-hydrogen) atoms. The number of carbonyl (C=O) groups excluding carboxylic acids is 1. The number of hydrogen-bond donors (Lipinski definition) is 0. The number of carbonyl (C=O) groups is 1. The Bertz CT molecular complexity index is 415. The Hall–Kier alpha value is -2.04. The maximum atomic E-state index is 11.5. The van der Waals surface area contributed by atoms with Gasteiger partial charge in [0, 0.05) is 12.3 Å². The van der Waals surface area contributed by atoms with E-state index in [0.29, 0.717) is 23.6 Å². The first-order chi connectivity index (χ1) is 8.22. The van der Waals surface area contributed by atoms with Crippen molar-refractivity contribution in [2.75, 3.05) is 20.8 Å². The van der Waals surface area contributed by atoms with Crippen LogP contribution in [-0.2, 0) is 9.47 Å². The summed E-state index contributed by atoms with van der Waals surface area (Å²) in [5.41, 5.74) is 1.00. The third-order valence-corrected chi connectivity index (χ3v) is 2.04. The molecule has 0 unspecified atom stereocenters. The van der Waals surface area contributed by atoms with Gasteiger partial charge in [0.05, 0.1) is 32.7 Å². The van der Waals surface area contributed by atoms with Crippen molar-refractivity contribution >= 4 is 12.0 Å². The zero-order chi connectivity index (χ0) is 12.7. The molecular formula is C12H15NO4. The lowest BCUT2D eigenvalue weighted by atomic mass is 10.1. The smallest absolute Gasteiger partial charge is 0.340 e. The van der Waals surface area contributed by atoms with E-state index in [1.807, 2.05) is 6.92 Å². The van der Waals surface area contributed by atoms with E-state index in [9.17, 15) is 4.79 Å². The van der Waals surface area contributed by atoms with E-state index in [-0.39, 0.29) is 0 Å². The van der Waals surface area contributed by atoms with Crippen molar-refractivity contribution in [2.24, 2.45) is 0 Å². The monoisotopic (exact) mass is 237 g/mol. The lowest BCUT2D eigenvalue weighted by Crippen LogP contribution is -2.05. The van der Waals surface area contributed by atoms with Gasteiger partial charge in [-0.2, -0.15) is 0 Å². The van der Waals surface area contributed by atoms with Crippen LogP contribution >= 0.6 is 0 Å². The Balaban J connectivity index is 3.07. The van der Waals surface area contributed by atoms with Gasteiger partial charge in [0.1, 0.15) is 0 Å². The van der Waals surface area contributed by atoms with E-state index in [1.165, 1.54) is 26.7 Å². The Labute approximate surface area is 100 Å². The number of rotatable bonds is 5. The van der Waals surface area contributed by atoms with Crippen LogP contribution in [0.4, 0.5) is 0 Å². The van der Waals surface area contributed by atoms with Crippen molar-refractivity contribution in [1.29, 1.82) is 0 Å². The molecule has 0 atom stereocenters. The molecule has 5 heteroatoms. The van der Waals surface area contributed by atoms with Crippen molar-refractivity contribution in [3.8, 4) is 5.88 Å². The van der Waals surface area contributed by atoms with Crippen molar-refractivity contribution in [3.05, 3.63) is 29.7 Å². The van der Waals surface area contributed by atoms with E-state index in [1.54, 1.807) is 12.1 Å². The second kappa shape index (κ2) is 6.52. The number of ether oxygens (including phenoxy) is 3. The minimum Gasteiger partial charge on any atom is -0.501 e. The molecule has 0 spiro atoms. The summed E-state index contributed by atoms with van der Waals surface area (Å²) >= 11 is 0. The Kier molecular flexibility index (Phi) is 5.00. The first kappa shape index (κ1) is 13.0. The molecule has 1 rings (SSSR count). The summed E-state index contributed by atoms with van der Waals surface area (Å²) in [4.78, 5) is 15.4. The fraction of sp³-hybridized carbons (Fsp3) is 0.333. The van der Waals surface area contributed by atoms with Crippen LogP contribution in [0.2, 0.25) is 0 Å². The van der Waals surface area contributed by atoms with Gasteiger partial charge in [-0.05, 0) is 18.6 Å². The predicted octanol–water partition coefficient (Wildman–Crippen LogP) is 1.88. The molecule has 1 aromatic rings. The van der Waals surface area contributed by atoms with E-state index < -0.39 is 5.97 Å². The van der Waals surface area contributed by atoms with E-state index in [4.69, 9.17) is 9.47 Å². The topological polar surface area (TPSA) is 57.7 Å². The van der Waals surface area contributed by atoms with Crippen LogP contribution in [0.25, 0.3) is 6.08 Å². The Morgan fingerprint density at radius 1 is 1.47 bits per heavy atom. The summed E-state index contributed by atoms with van der Waals surface area (Å²) in [6.07, 6.45) is 4.59. The molecule has 0 fully saturated rings. The summed E-state index contributed by atoms with van der Waals surface area (Å²) in [7, 11) is 2.83. The van der Waals surface area contributed by atoms with Gasteiger partial charge in [-0.15, -0.1) is 0 Å². The Morgan fingerprint density at radius 3 is 2.82 bits per heavy atom. The van der Waals surface area contributed by atoms with Gasteiger partial charge in [-0.25, -0.2) is 9.78 Å². The van der Waals surface area contributed by atoms with Crippen LogP contribution in [0.1, 0.15) is 22.8 Å². The van der Waals surface area contributed by atoms with Gasteiger partial charge in [-0.3, -0.25) is 0 Å². The minimum atomic E-state index is -0.448. The highest BCUT2D eigenvalue weighted by molar-refractivity contribution is 5.93. The largest absolute Gasteiger partial charge is 0.501 e. The third-order valence-electron chi connectivity index (χ3n) is 2.04. The fourth-order valence-corrected chi connectivity index (χ4v) is 1.20. The van der Waals surface area contributed by atoms with Gasteiger partial charge >= 0.3 is 5.97 Å². The molecule has 0 saturated carbocycles. The third kappa shape index (κ3) is 3.48. The van der Waals surface area contributed by atoms with Gasteiger partial charge < -0.3 is 14.2 Å². The van der Waals surface area contributed by atoms with Crippen LogP contribution < -0.4 is 4.74 Å². The number of aromatic nitrogens is 1. The SMILES string of the molecule is CCO/C=C/c1cc(OC)ncc1C(=O)OC. The lowest BCUT2D eigenvalue weighted by molar-refractivity contribution is 0.0600. The zero-order valence-electron chi connectivity index (χ0n) is 10.1. The molecule has 1 heterocycles. The van der Waals surface area contributed by atoms with Crippen LogP contribution in [0.15, 0.2) is 18.5 Å². The molecule has 0 N–H and O–H groups in total. The van der Waals surface area contributed by atoms with Crippen molar-refractivity contribution < 1.29 is 19.0 Å². The highest BCUT2D eigenvalue weighted by Gasteiger charge is 2.11. The standard InChI is InChI=1S/C12H15NO4/c1-4-17-6-5-9-7-11(15-2)13-8-10(9)12(14)16-3/h5-8H,4H2,1-3H3/b6-5+. The average Bonchev–Trinajstić information content (AvgIpc) is 2.38. The van der Waals surface area contributed by atoms with E-state index in [2.05, 4.69) is 9.72 Å². The number of methoxy groups -OCH3 is 2. The summed E-state index contributed by atoms with van der Waals surface area (Å²) in [6, 6.07) is 1.64. The van der Waals surface area contributed by atoms with Gasteiger partial charge in [0.2, 0.25) is 5.88 Å². The normalized spacial score (nSPS) is 10.3. The summed E-state index contributed by atoms with van der Waals surface area (Å²) in [5, 5.41) is 0. The van der Waals surface area contributed by atoms with Crippen LogP contribution in [0.5, 0.6) is 5.88 Å². The molecule has 0 aliphatic heterocycles. The molecular weight excluding hydrogens is 222 g/mol. The second-order valence-corrected chi connectivity index (χ2v) is 3.06. The maximum absolute atomic E-state index is 11.5. The fourth-order valence-electron chi connectivity index (χ4n) is 1.20. The molecule has 0 saturated heterocycles. The molecule has 0 aliphatic rings. The highest BCUT2D eigenvalue weighted by atomic mass is 16.5. The van der Waals surface area contributed by atoms with Crippen molar-refractivity contribution in [1.82, 2.24) is 4.98 Å². The number of hydrogen-bond acceptors (Lipinski definition) is 5. The Morgan fingerprint density at radius 2 is 2.24 bits per heavy atom. The van der Waals surface area contributed by atoms with Crippen LogP contribution in [0, 0.1) is 0 Å². The highest BCUT2D eigenvalue weighted by Crippen LogP contribution is 2.17. The quantitative estimate of drug-likeness (QED) is 0.578. The minimum absolute atomic E-state index is 0.365. The first-order valence-electron chi connectivity index (χ1n) is 5.13. The van der Waals surface area contributed by atoms with Crippen LogP contribution in [0.3, 0.4) is 0 Å². The van der Waals surface area contributed by atoms with Gasteiger partial charge in [0.15, 0.2) is 0 Å². The maximum Gasteiger partial charge on any atom is 0.340 e. The lowest BCUT2D eigenvalue weighted by Gasteiger charge is -2.05. The van der Waals surface area contributed by atoms with E-state index in [0.717, 1.165) is 0 Å². The van der Waals surface area contributed by atoms with Gasteiger partial charge in [0.25, 0.3) is 0 Å². The molecule has 0 bridgehead atoms. The van der Waals surface area contributed by atoms with Crippen molar-refractivity contribution in [3.63, 3.8) is 0 Å². The molecule has 0 aliphatic carbocycles. The van der Waals surface area contributed by atoms with E-state index >= 15 is 0 Å². The van der Waals surface area contributed by atoms with Crippen molar-refractivity contribution in [2.45, 2.75) is 6.92 Å². The number of esters is 1. The number of pyridine rings is 1. The zero-order valence-corrected chi connectivity index (χ0v) is 10.1. The van der Waals surface area contributed by atoms with Crippen LogP contribution in [-0.4, -0.2) is 31.8 Å². The second-order valence-electron chi connectivity index (χ2n) is 3.06. The molecule has 5 nitrogen and oxygen atoms in total. The molecule has 0 amide bonds. The summed E-state index contributed by atoms with van der Waals surface area (Å²) in [6.45, 7) is 2.44. The molecule has 1 aromatic heterocycles. The van der Waals surface area contributed by atoms with Gasteiger partial charge in [-0.1, -0.05) is 0 Å². The molecule has 0 aromatic carbocycles. The average molecular weight is 237 g/mol. The summed E-state index contributed by atoms with van der Waals surface area (Å²) < 4.78 is 14.7. The number of nitrogens with zero attached hydrogens (tertiary/aromatic N) is 1. The predicted molar refractivity (Wildman–Crippen MR) is 62.8 cm³/mol. The summed E-state index contributed by atoms with van der Waals surface area (Å²) in [5.74, 6) is -0.0231.